The van der Waals surface area contributed by atoms with E-state index >= 15 is 0 Å². The fourth-order valence-electron chi connectivity index (χ4n) is 1.20. The van der Waals surface area contributed by atoms with Gasteiger partial charge in [0.25, 0.3) is 5.91 Å². The summed E-state index contributed by atoms with van der Waals surface area (Å²) >= 11 is 17.3. The Morgan fingerprint density at radius 3 is 2.63 bits per heavy atom. The number of nitrogens with zero attached hydrogens (tertiary/aromatic N) is 1. The summed E-state index contributed by atoms with van der Waals surface area (Å²) in [5.74, 6) is -0.927. The van der Waals surface area contributed by atoms with Gasteiger partial charge in [0.05, 0.1) is 28.1 Å². The van der Waals surface area contributed by atoms with Gasteiger partial charge in [-0.2, -0.15) is 0 Å². The van der Waals surface area contributed by atoms with E-state index in [1.807, 2.05) is 0 Å². The van der Waals surface area contributed by atoms with Gasteiger partial charge in [-0.05, 0) is 6.92 Å². The minimum absolute atomic E-state index is 0.0252. The second-order valence-electron chi connectivity index (χ2n) is 3.39. The number of aromatic nitrogens is 1. The Hall–Kier alpha value is -1.04. The highest BCUT2D eigenvalue weighted by Crippen LogP contribution is 2.30. The molecule has 0 bridgehead atoms. The van der Waals surface area contributed by atoms with Crippen molar-refractivity contribution in [3.63, 3.8) is 0 Å². The van der Waals surface area contributed by atoms with E-state index in [-0.39, 0.29) is 33.7 Å². The lowest BCUT2D eigenvalue weighted by atomic mass is 10.3. The lowest BCUT2D eigenvalue weighted by Gasteiger charge is -2.07. The largest absolute Gasteiger partial charge is 0.466 e. The van der Waals surface area contributed by atoms with Crippen molar-refractivity contribution in [1.82, 2.24) is 10.3 Å². The molecule has 5 nitrogen and oxygen atoms in total. The summed E-state index contributed by atoms with van der Waals surface area (Å²) in [7, 11) is 0. The molecular weight excluding hydrogens is 314 g/mol. The van der Waals surface area contributed by atoms with Crippen LogP contribution in [0.4, 0.5) is 0 Å². The number of nitrogens with one attached hydrogen (secondary N) is 1. The van der Waals surface area contributed by atoms with Crippen LogP contribution in [0.5, 0.6) is 0 Å². The fourth-order valence-corrected chi connectivity index (χ4v) is 1.76. The maximum Gasteiger partial charge on any atom is 0.307 e. The Labute approximate surface area is 125 Å². The molecule has 0 saturated heterocycles. The first-order valence-corrected chi connectivity index (χ1v) is 6.54. The summed E-state index contributed by atoms with van der Waals surface area (Å²) in [6.07, 6.45) is 1.30. The first-order valence-electron chi connectivity index (χ1n) is 5.40. The number of esters is 1. The van der Waals surface area contributed by atoms with E-state index in [1.165, 1.54) is 6.20 Å². The van der Waals surface area contributed by atoms with Gasteiger partial charge in [-0.3, -0.25) is 9.59 Å². The van der Waals surface area contributed by atoms with Crippen LogP contribution in [0.25, 0.3) is 0 Å². The zero-order chi connectivity index (χ0) is 14.4. The molecule has 0 aliphatic heterocycles. The van der Waals surface area contributed by atoms with Gasteiger partial charge in [-0.1, -0.05) is 34.8 Å². The average Bonchev–Trinajstić information content (AvgIpc) is 2.36. The highest BCUT2D eigenvalue weighted by atomic mass is 35.5. The van der Waals surface area contributed by atoms with Crippen molar-refractivity contribution in [3.8, 4) is 0 Å². The number of hydrogen-bond acceptors (Lipinski definition) is 4. The van der Waals surface area contributed by atoms with E-state index in [4.69, 9.17) is 39.5 Å². The molecule has 1 rings (SSSR count). The summed E-state index contributed by atoms with van der Waals surface area (Å²) in [5, 5.41) is 2.69. The first-order chi connectivity index (χ1) is 8.97. The van der Waals surface area contributed by atoms with Gasteiger partial charge in [0, 0.05) is 12.7 Å². The van der Waals surface area contributed by atoms with Crippen LogP contribution in [0.15, 0.2) is 6.20 Å². The Balaban J connectivity index is 2.60. The quantitative estimate of drug-likeness (QED) is 0.845. The summed E-state index contributed by atoms with van der Waals surface area (Å²) in [4.78, 5) is 26.6. The number of carbonyl (C=O) groups is 2. The third kappa shape index (κ3) is 4.53. The van der Waals surface area contributed by atoms with E-state index in [0.29, 0.717) is 6.61 Å². The van der Waals surface area contributed by atoms with Crippen LogP contribution in [0.1, 0.15) is 23.8 Å². The lowest BCUT2D eigenvalue weighted by Crippen LogP contribution is -2.27. The molecule has 0 atom stereocenters. The minimum Gasteiger partial charge on any atom is -0.466 e. The molecule has 8 heteroatoms. The molecule has 1 N–H and O–H groups in total. The molecular formula is C11H11Cl3N2O3. The molecule has 0 aromatic carbocycles. The number of rotatable bonds is 5. The number of halogens is 3. The Morgan fingerprint density at radius 1 is 1.32 bits per heavy atom. The zero-order valence-electron chi connectivity index (χ0n) is 10.0. The number of pyridine rings is 1. The Kier molecular flexibility index (Phi) is 6.34. The van der Waals surface area contributed by atoms with Gasteiger partial charge < -0.3 is 10.1 Å². The van der Waals surface area contributed by atoms with E-state index in [0.717, 1.165) is 0 Å². The van der Waals surface area contributed by atoms with Gasteiger partial charge in [0.15, 0.2) is 0 Å². The molecule has 0 fully saturated rings. The predicted molar refractivity (Wildman–Crippen MR) is 72.9 cm³/mol. The van der Waals surface area contributed by atoms with Gasteiger partial charge in [-0.15, -0.1) is 0 Å². The molecule has 0 saturated carbocycles. The normalized spacial score (nSPS) is 10.1. The van der Waals surface area contributed by atoms with Crippen LogP contribution in [0.2, 0.25) is 15.1 Å². The second kappa shape index (κ2) is 7.53. The summed E-state index contributed by atoms with van der Waals surface area (Å²) < 4.78 is 4.72. The molecule has 1 amide bonds. The van der Waals surface area contributed by atoms with Crippen LogP contribution < -0.4 is 5.32 Å². The third-order valence-corrected chi connectivity index (χ3v) is 3.29. The summed E-state index contributed by atoms with van der Waals surface area (Å²) in [5.41, 5.74) is -0.0417. The zero-order valence-corrected chi connectivity index (χ0v) is 12.3. The van der Waals surface area contributed by atoms with Crippen LogP contribution >= 0.6 is 34.8 Å². The van der Waals surface area contributed by atoms with Crippen LogP contribution in [-0.2, 0) is 9.53 Å². The topological polar surface area (TPSA) is 68.3 Å². The maximum absolute atomic E-state index is 11.8. The molecule has 0 unspecified atom stereocenters. The number of ether oxygens (including phenoxy) is 1. The SMILES string of the molecule is CCOC(=O)CCNC(=O)c1ncc(Cl)c(Cl)c1Cl. The summed E-state index contributed by atoms with van der Waals surface area (Å²) in [6.45, 7) is 2.12. The Bertz CT molecular complexity index is 494. The first kappa shape index (κ1) is 16.0. The third-order valence-electron chi connectivity index (χ3n) is 2.05. The molecule has 1 aromatic heterocycles. The monoisotopic (exact) mass is 324 g/mol. The van der Waals surface area contributed by atoms with Crippen molar-refractivity contribution in [2.75, 3.05) is 13.2 Å². The van der Waals surface area contributed by atoms with E-state index in [2.05, 4.69) is 10.3 Å². The fraction of sp³-hybridized carbons (Fsp3) is 0.364. The molecule has 0 spiro atoms. The summed E-state index contributed by atoms with van der Waals surface area (Å²) in [6, 6.07) is 0. The van der Waals surface area contributed by atoms with Crippen LogP contribution in [-0.4, -0.2) is 30.0 Å². The number of carbonyl (C=O) groups excluding carboxylic acids is 2. The predicted octanol–water partition coefficient (Wildman–Crippen LogP) is 2.72. The molecule has 104 valence electrons. The second-order valence-corrected chi connectivity index (χ2v) is 4.56. The highest BCUT2D eigenvalue weighted by Gasteiger charge is 2.16. The van der Waals surface area contributed by atoms with Gasteiger partial charge >= 0.3 is 5.97 Å². The van der Waals surface area contributed by atoms with Crippen molar-refractivity contribution in [2.24, 2.45) is 0 Å². The lowest BCUT2D eigenvalue weighted by molar-refractivity contribution is -0.142. The van der Waals surface area contributed by atoms with Crippen LogP contribution in [0.3, 0.4) is 0 Å². The van der Waals surface area contributed by atoms with Crippen molar-refractivity contribution >= 4 is 46.7 Å². The molecule has 1 aromatic rings. The molecule has 0 aliphatic rings. The van der Waals surface area contributed by atoms with Crippen LogP contribution in [0, 0.1) is 0 Å². The molecule has 0 radical (unpaired) electrons. The highest BCUT2D eigenvalue weighted by molar-refractivity contribution is 6.48. The number of amides is 1. The van der Waals surface area contributed by atoms with Crippen molar-refractivity contribution < 1.29 is 14.3 Å². The van der Waals surface area contributed by atoms with Gasteiger partial charge in [0.2, 0.25) is 0 Å². The number of hydrogen-bond donors (Lipinski definition) is 1. The Morgan fingerprint density at radius 2 is 2.00 bits per heavy atom. The van der Waals surface area contributed by atoms with E-state index in [9.17, 15) is 9.59 Å². The molecule has 0 aliphatic carbocycles. The van der Waals surface area contributed by atoms with Gasteiger partial charge in [0.1, 0.15) is 5.69 Å². The van der Waals surface area contributed by atoms with Gasteiger partial charge in [-0.25, -0.2) is 4.98 Å². The maximum atomic E-state index is 11.8. The van der Waals surface area contributed by atoms with Crippen molar-refractivity contribution in [1.29, 1.82) is 0 Å². The van der Waals surface area contributed by atoms with Crippen molar-refractivity contribution in [2.45, 2.75) is 13.3 Å². The smallest absolute Gasteiger partial charge is 0.307 e. The van der Waals surface area contributed by atoms with E-state index < -0.39 is 11.9 Å². The molecule has 1 heterocycles. The molecule has 19 heavy (non-hydrogen) atoms. The average molecular weight is 326 g/mol. The minimum atomic E-state index is -0.534. The standard InChI is InChI=1S/C11H11Cl3N2O3/c1-2-19-7(17)3-4-15-11(18)10-9(14)8(13)6(12)5-16-10/h5H,2-4H2,1H3,(H,15,18). The van der Waals surface area contributed by atoms with Crippen molar-refractivity contribution in [3.05, 3.63) is 27.0 Å². The van der Waals surface area contributed by atoms with E-state index in [1.54, 1.807) is 6.92 Å².